The molecule has 0 aromatic heterocycles. The van der Waals surface area contributed by atoms with Crippen molar-refractivity contribution < 1.29 is 14.3 Å². The van der Waals surface area contributed by atoms with Crippen molar-refractivity contribution in [1.29, 1.82) is 0 Å². The number of hydrogen-bond acceptors (Lipinski definition) is 4. The molecular formula is C11H23NO3. The van der Waals surface area contributed by atoms with E-state index >= 15 is 0 Å². The fourth-order valence-electron chi connectivity index (χ4n) is 1.46. The van der Waals surface area contributed by atoms with Gasteiger partial charge in [-0.25, -0.2) is 4.79 Å². The first-order chi connectivity index (χ1) is 6.88. The molecule has 0 bridgehead atoms. The first kappa shape index (κ1) is 14.4. The summed E-state index contributed by atoms with van der Waals surface area (Å²) in [7, 11) is 1.59. The van der Waals surface area contributed by atoms with Crippen LogP contribution in [0.25, 0.3) is 0 Å². The van der Waals surface area contributed by atoms with E-state index in [-0.39, 0.29) is 18.1 Å². The van der Waals surface area contributed by atoms with Crippen molar-refractivity contribution in [3.05, 3.63) is 0 Å². The highest BCUT2D eigenvalue weighted by Gasteiger charge is 2.41. The Morgan fingerprint density at radius 2 is 1.93 bits per heavy atom. The quantitative estimate of drug-likeness (QED) is 0.682. The molecular weight excluding hydrogens is 194 g/mol. The van der Waals surface area contributed by atoms with Gasteiger partial charge in [-0.05, 0) is 34.6 Å². The lowest BCUT2D eigenvalue weighted by atomic mass is 9.94. The van der Waals surface area contributed by atoms with Crippen molar-refractivity contribution in [1.82, 2.24) is 5.32 Å². The maximum absolute atomic E-state index is 11.8. The highest BCUT2D eigenvalue weighted by Crippen LogP contribution is 2.16. The lowest BCUT2D eigenvalue weighted by Crippen LogP contribution is -2.60. The van der Waals surface area contributed by atoms with Crippen molar-refractivity contribution in [3.8, 4) is 0 Å². The van der Waals surface area contributed by atoms with Crippen LogP contribution in [0.15, 0.2) is 0 Å². The highest BCUT2D eigenvalue weighted by molar-refractivity contribution is 5.81. The summed E-state index contributed by atoms with van der Waals surface area (Å²) in [6.07, 6.45) is -0.237. The van der Waals surface area contributed by atoms with Crippen LogP contribution in [0, 0.1) is 0 Å². The van der Waals surface area contributed by atoms with Gasteiger partial charge in [0, 0.05) is 13.2 Å². The molecule has 4 nitrogen and oxygen atoms in total. The summed E-state index contributed by atoms with van der Waals surface area (Å²) in [5.41, 5.74) is -0.793. The Kier molecular flexibility index (Phi) is 5.83. The molecule has 2 atom stereocenters. The zero-order valence-corrected chi connectivity index (χ0v) is 10.6. The largest absolute Gasteiger partial charge is 0.465 e. The minimum atomic E-state index is -0.793. The molecule has 90 valence electrons. The second-order valence-corrected chi connectivity index (χ2v) is 4.10. The fraction of sp³-hybridized carbons (Fsp3) is 0.909. The van der Waals surface area contributed by atoms with Gasteiger partial charge < -0.3 is 9.47 Å². The summed E-state index contributed by atoms with van der Waals surface area (Å²) in [6, 6.07) is 0.192. The summed E-state index contributed by atoms with van der Waals surface area (Å²) in [5, 5.41) is 3.19. The van der Waals surface area contributed by atoms with E-state index in [0.29, 0.717) is 6.61 Å². The summed E-state index contributed by atoms with van der Waals surface area (Å²) < 4.78 is 10.3. The molecule has 15 heavy (non-hydrogen) atoms. The van der Waals surface area contributed by atoms with Crippen LogP contribution in [0.2, 0.25) is 0 Å². The number of nitrogens with one attached hydrogen (secondary N) is 1. The molecule has 0 aliphatic rings. The van der Waals surface area contributed by atoms with E-state index < -0.39 is 5.54 Å². The van der Waals surface area contributed by atoms with Crippen LogP contribution in [0.5, 0.6) is 0 Å². The minimum absolute atomic E-state index is 0.192. The number of rotatable bonds is 6. The molecule has 0 radical (unpaired) electrons. The third-order valence-corrected chi connectivity index (χ3v) is 2.45. The molecule has 0 heterocycles. The monoisotopic (exact) mass is 217 g/mol. The second kappa shape index (κ2) is 6.08. The Morgan fingerprint density at radius 1 is 1.40 bits per heavy atom. The van der Waals surface area contributed by atoms with E-state index in [1.807, 2.05) is 20.8 Å². The van der Waals surface area contributed by atoms with Crippen molar-refractivity contribution in [2.45, 2.75) is 52.3 Å². The Labute approximate surface area is 92.3 Å². The molecule has 0 amide bonds. The van der Waals surface area contributed by atoms with Gasteiger partial charge in [0.15, 0.2) is 0 Å². The molecule has 2 unspecified atom stereocenters. The van der Waals surface area contributed by atoms with Gasteiger partial charge >= 0.3 is 5.97 Å². The number of ether oxygens (including phenoxy) is 2. The lowest BCUT2D eigenvalue weighted by molar-refractivity contribution is -0.156. The standard InChI is InChI=1S/C11H23NO3/c1-7-15-10(13)11(5,9(4)14-6)12-8(2)3/h8-9,12H,7H2,1-6H3. The molecule has 0 aromatic carbocycles. The van der Waals surface area contributed by atoms with E-state index in [2.05, 4.69) is 5.32 Å². The summed E-state index contributed by atoms with van der Waals surface area (Å²) in [5.74, 6) is -0.270. The highest BCUT2D eigenvalue weighted by atomic mass is 16.5. The summed E-state index contributed by atoms with van der Waals surface area (Å²) in [6.45, 7) is 9.81. The number of carbonyl (C=O) groups is 1. The zero-order chi connectivity index (χ0) is 12.1. The number of carbonyl (C=O) groups excluding carboxylic acids is 1. The van der Waals surface area contributed by atoms with Gasteiger partial charge in [0.25, 0.3) is 0 Å². The predicted octanol–water partition coefficient (Wildman–Crippen LogP) is 1.34. The molecule has 0 fully saturated rings. The van der Waals surface area contributed by atoms with E-state index in [0.717, 1.165) is 0 Å². The molecule has 0 saturated carbocycles. The first-order valence-electron chi connectivity index (χ1n) is 5.36. The van der Waals surface area contributed by atoms with Gasteiger partial charge in [-0.1, -0.05) is 0 Å². The molecule has 0 rings (SSSR count). The molecule has 0 aromatic rings. The molecule has 0 aliphatic carbocycles. The number of methoxy groups -OCH3 is 1. The summed E-state index contributed by atoms with van der Waals surface area (Å²) in [4.78, 5) is 11.8. The van der Waals surface area contributed by atoms with Crippen LogP contribution in [-0.4, -0.2) is 37.4 Å². The average molecular weight is 217 g/mol. The van der Waals surface area contributed by atoms with Crippen LogP contribution in [-0.2, 0) is 14.3 Å². The van der Waals surface area contributed by atoms with Gasteiger partial charge in [0.2, 0.25) is 0 Å². The van der Waals surface area contributed by atoms with Crippen molar-refractivity contribution >= 4 is 5.97 Å². The van der Waals surface area contributed by atoms with E-state index in [9.17, 15) is 4.79 Å². The number of hydrogen-bond donors (Lipinski definition) is 1. The Morgan fingerprint density at radius 3 is 2.27 bits per heavy atom. The topological polar surface area (TPSA) is 47.6 Å². The van der Waals surface area contributed by atoms with E-state index in [4.69, 9.17) is 9.47 Å². The second-order valence-electron chi connectivity index (χ2n) is 4.10. The average Bonchev–Trinajstić information content (AvgIpc) is 2.15. The molecule has 0 saturated heterocycles. The SMILES string of the molecule is CCOC(=O)C(C)(NC(C)C)C(C)OC. The van der Waals surface area contributed by atoms with Crippen LogP contribution in [0.1, 0.15) is 34.6 Å². The van der Waals surface area contributed by atoms with Crippen LogP contribution in [0.4, 0.5) is 0 Å². The third-order valence-electron chi connectivity index (χ3n) is 2.45. The van der Waals surface area contributed by atoms with E-state index in [1.54, 1.807) is 21.0 Å². The van der Waals surface area contributed by atoms with Gasteiger partial charge in [0.05, 0.1) is 12.7 Å². The van der Waals surface area contributed by atoms with Crippen LogP contribution >= 0.6 is 0 Å². The molecule has 4 heteroatoms. The molecule has 0 aliphatic heterocycles. The van der Waals surface area contributed by atoms with Crippen molar-refractivity contribution in [3.63, 3.8) is 0 Å². The minimum Gasteiger partial charge on any atom is -0.465 e. The van der Waals surface area contributed by atoms with Crippen molar-refractivity contribution in [2.75, 3.05) is 13.7 Å². The van der Waals surface area contributed by atoms with Gasteiger partial charge in [-0.2, -0.15) is 0 Å². The normalized spacial score (nSPS) is 17.3. The van der Waals surface area contributed by atoms with Crippen LogP contribution in [0.3, 0.4) is 0 Å². The van der Waals surface area contributed by atoms with Crippen LogP contribution < -0.4 is 5.32 Å². The van der Waals surface area contributed by atoms with Gasteiger partial charge in [-0.3, -0.25) is 5.32 Å². The molecule has 0 spiro atoms. The zero-order valence-electron chi connectivity index (χ0n) is 10.6. The lowest BCUT2D eigenvalue weighted by Gasteiger charge is -2.34. The maximum atomic E-state index is 11.8. The smallest absolute Gasteiger partial charge is 0.328 e. The number of esters is 1. The third kappa shape index (κ3) is 3.80. The molecule has 1 N–H and O–H groups in total. The fourth-order valence-corrected chi connectivity index (χ4v) is 1.46. The first-order valence-corrected chi connectivity index (χ1v) is 5.36. The predicted molar refractivity (Wildman–Crippen MR) is 59.8 cm³/mol. The van der Waals surface area contributed by atoms with Gasteiger partial charge in [-0.15, -0.1) is 0 Å². The maximum Gasteiger partial charge on any atom is 0.328 e. The Balaban J connectivity index is 4.75. The van der Waals surface area contributed by atoms with Crippen molar-refractivity contribution in [2.24, 2.45) is 0 Å². The van der Waals surface area contributed by atoms with Gasteiger partial charge in [0.1, 0.15) is 5.54 Å². The Bertz CT molecular complexity index is 206. The Hall–Kier alpha value is -0.610. The summed E-state index contributed by atoms with van der Waals surface area (Å²) >= 11 is 0. The van der Waals surface area contributed by atoms with E-state index in [1.165, 1.54) is 0 Å².